The Labute approximate surface area is 175 Å². The molecule has 3 rings (SSSR count). The molecule has 0 aromatic heterocycles. The zero-order valence-electron chi connectivity index (χ0n) is 17.4. The lowest BCUT2D eigenvalue weighted by atomic mass is 9.97. The number of carbonyl (C=O) groups excluding carboxylic acids is 1. The molecule has 1 N–H and O–H groups in total. The maximum Gasteiger partial charge on any atom is 0.303 e. The molecule has 1 atom stereocenters. The molecule has 0 aliphatic carbocycles. The van der Waals surface area contributed by atoms with Crippen LogP contribution in [0.25, 0.3) is 0 Å². The molecule has 0 bridgehead atoms. The van der Waals surface area contributed by atoms with Crippen molar-refractivity contribution in [3.63, 3.8) is 0 Å². The quantitative estimate of drug-likeness (QED) is 0.715. The van der Waals surface area contributed by atoms with E-state index in [2.05, 4.69) is 12.0 Å². The van der Waals surface area contributed by atoms with E-state index in [9.17, 15) is 9.59 Å². The molecule has 1 heterocycles. The Bertz CT molecular complexity index is 953. The van der Waals surface area contributed by atoms with Crippen LogP contribution in [-0.4, -0.2) is 41.9 Å². The number of carbonyl (C=O) groups is 2. The Balaban J connectivity index is 1.93. The van der Waals surface area contributed by atoms with Crippen LogP contribution in [0.3, 0.4) is 0 Å². The molecule has 0 radical (unpaired) electrons. The van der Waals surface area contributed by atoms with Crippen molar-refractivity contribution in [2.24, 2.45) is 5.10 Å². The van der Waals surface area contributed by atoms with Gasteiger partial charge in [0.05, 0.1) is 32.4 Å². The summed E-state index contributed by atoms with van der Waals surface area (Å²) >= 11 is 0. The average molecular weight is 410 g/mol. The zero-order chi connectivity index (χ0) is 21.7. The standard InChI is InChI=1S/C23H26N2O5/c1-4-15-5-7-16(8-6-15)19-14-18(24-25(19)22(26)11-12-23(27)28)17-9-10-20(29-2)21(13-17)30-3/h5-10,13,19H,4,11-12,14H2,1-3H3,(H,27,28)/t19-/m1/s1. The molecule has 30 heavy (non-hydrogen) atoms. The molecular weight excluding hydrogens is 384 g/mol. The number of hydrogen-bond donors (Lipinski definition) is 1. The highest BCUT2D eigenvalue weighted by Gasteiger charge is 2.33. The van der Waals surface area contributed by atoms with Gasteiger partial charge >= 0.3 is 5.97 Å². The molecule has 0 saturated heterocycles. The SMILES string of the molecule is CCc1ccc([C@H]2CC(c3ccc(OC)c(OC)c3)=NN2C(=O)CCC(=O)O)cc1. The fourth-order valence-corrected chi connectivity index (χ4v) is 3.49. The van der Waals surface area contributed by atoms with E-state index in [4.69, 9.17) is 14.6 Å². The highest BCUT2D eigenvalue weighted by molar-refractivity contribution is 6.03. The van der Waals surface area contributed by atoms with E-state index in [1.807, 2.05) is 36.4 Å². The Morgan fingerprint density at radius 1 is 1.07 bits per heavy atom. The molecule has 0 saturated carbocycles. The molecule has 7 heteroatoms. The van der Waals surface area contributed by atoms with Crippen LogP contribution in [-0.2, 0) is 16.0 Å². The van der Waals surface area contributed by atoms with Gasteiger partial charge in [-0.2, -0.15) is 5.10 Å². The van der Waals surface area contributed by atoms with Crippen LogP contribution in [0.2, 0.25) is 0 Å². The fraction of sp³-hybridized carbons (Fsp3) is 0.348. The number of hydrazone groups is 1. The highest BCUT2D eigenvalue weighted by atomic mass is 16.5. The topological polar surface area (TPSA) is 88.4 Å². The first kappa shape index (κ1) is 21.4. The van der Waals surface area contributed by atoms with E-state index in [1.165, 1.54) is 10.6 Å². The van der Waals surface area contributed by atoms with Gasteiger partial charge in [0, 0.05) is 18.4 Å². The van der Waals surface area contributed by atoms with Crippen molar-refractivity contribution in [2.75, 3.05) is 14.2 Å². The van der Waals surface area contributed by atoms with Crippen LogP contribution in [0.15, 0.2) is 47.6 Å². The van der Waals surface area contributed by atoms with Gasteiger partial charge in [-0.15, -0.1) is 0 Å². The van der Waals surface area contributed by atoms with Crippen LogP contribution in [0.1, 0.15) is 48.9 Å². The first-order valence-corrected chi connectivity index (χ1v) is 9.89. The summed E-state index contributed by atoms with van der Waals surface area (Å²) in [6.07, 6.45) is 1.14. The first-order chi connectivity index (χ1) is 14.5. The average Bonchev–Trinajstić information content (AvgIpc) is 3.22. The molecule has 2 aromatic rings. The number of nitrogens with zero attached hydrogens (tertiary/aromatic N) is 2. The maximum atomic E-state index is 12.8. The van der Waals surface area contributed by atoms with Gasteiger partial charge in [-0.3, -0.25) is 9.59 Å². The van der Waals surface area contributed by atoms with Gasteiger partial charge in [0.2, 0.25) is 5.91 Å². The van der Waals surface area contributed by atoms with Gasteiger partial charge in [-0.1, -0.05) is 31.2 Å². The van der Waals surface area contributed by atoms with Crippen molar-refractivity contribution < 1.29 is 24.2 Å². The number of ether oxygens (including phenoxy) is 2. The van der Waals surface area contributed by atoms with E-state index >= 15 is 0 Å². The number of carboxylic acid groups (broad SMARTS) is 1. The van der Waals surface area contributed by atoms with E-state index in [-0.39, 0.29) is 24.8 Å². The fourth-order valence-electron chi connectivity index (χ4n) is 3.49. The normalized spacial score (nSPS) is 15.6. The number of aliphatic carboxylic acids is 1. The number of aryl methyl sites for hydroxylation is 1. The van der Waals surface area contributed by atoms with Crippen molar-refractivity contribution in [3.8, 4) is 11.5 Å². The Kier molecular flexibility index (Phi) is 6.72. The van der Waals surface area contributed by atoms with E-state index in [1.54, 1.807) is 20.3 Å². The number of benzene rings is 2. The summed E-state index contributed by atoms with van der Waals surface area (Å²) in [5.74, 6) is -0.119. The molecule has 7 nitrogen and oxygen atoms in total. The zero-order valence-corrected chi connectivity index (χ0v) is 17.4. The molecule has 0 fully saturated rings. The van der Waals surface area contributed by atoms with Crippen molar-refractivity contribution in [3.05, 3.63) is 59.2 Å². The number of carboxylic acids is 1. The minimum Gasteiger partial charge on any atom is -0.493 e. The molecule has 1 aliphatic rings. The molecule has 0 unspecified atom stereocenters. The van der Waals surface area contributed by atoms with E-state index in [0.29, 0.717) is 17.9 Å². The molecule has 1 aliphatic heterocycles. The van der Waals surface area contributed by atoms with Crippen molar-refractivity contribution in [1.82, 2.24) is 5.01 Å². The summed E-state index contributed by atoms with van der Waals surface area (Å²) in [5.41, 5.74) is 3.75. The number of rotatable bonds is 8. The van der Waals surface area contributed by atoms with Gasteiger partial charge in [-0.05, 0) is 35.7 Å². The Morgan fingerprint density at radius 3 is 2.37 bits per heavy atom. The monoisotopic (exact) mass is 410 g/mol. The van der Waals surface area contributed by atoms with Gasteiger partial charge in [0.25, 0.3) is 0 Å². The highest BCUT2D eigenvalue weighted by Crippen LogP contribution is 2.36. The Morgan fingerprint density at radius 2 is 1.77 bits per heavy atom. The summed E-state index contributed by atoms with van der Waals surface area (Å²) < 4.78 is 10.7. The Hall–Kier alpha value is -3.35. The second-order valence-corrected chi connectivity index (χ2v) is 7.06. The molecule has 158 valence electrons. The molecule has 2 aromatic carbocycles. The molecular formula is C23H26N2O5. The minimum atomic E-state index is -1.00. The minimum absolute atomic E-state index is 0.0956. The second kappa shape index (κ2) is 9.43. The number of hydrogen-bond acceptors (Lipinski definition) is 5. The summed E-state index contributed by atoms with van der Waals surface area (Å²) in [6, 6.07) is 13.3. The predicted molar refractivity (Wildman–Crippen MR) is 113 cm³/mol. The van der Waals surface area contributed by atoms with Crippen molar-refractivity contribution >= 4 is 17.6 Å². The third kappa shape index (κ3) is 4.62. The summed E-state index contributed by atoms with van der Waals surface area (Å²) in [6.45, 7) is 2.09. The van der Waals surface area contributed by atoms with Crippen LogP contribution < -0.4 is 9.47 Å². The van der Waals surface area contributed by atoms with Crippen molar-refractivity contribution in [2.45, 2.75) is 38.6 Å². The second-order valence-electron chi connectivity index (χ2n) is 7.06. The van der Waals surface area contributed by atoms with Gasteiger partial charge in [-0.25, -0.2) is 5.01 Å². The van der Waals surface area contributed by atoms with E-state index in [0.717, 1.165) is 23.3 Å². The van der Waals surface area contributed by atoms with Crippen LogP contribution in [0.5, 0.6) is 11.5 Å². The first-order valence-electron chi connectivity index (χ1n) is 9.89. The van der Waals surface area contributed by atoms with Crippen molar-refractivity contribution in [1.29, 1.82) is 0 Å². The van der Waals surface area contributed by atoms with Crippen LogP contribution >= 0.6 is 0 Å². The molecule has 1 amide bonds. The van der Waals surface area contributed by atoms with Gasteiger partial charge < -0.3 is 14.6 Å². The van der Waals surface area contributed by atoms with E-state index < -0.39 is 5.97 Å². The third-order valence-electron chi connectivity index (χ3n) is 5.21. The molecule has 0 spiro atoms. The number of amides is 1. The largest absolute Gasteiger partial charge is 0.493 e. The number of methoxy groups -OCH3 is 2. The summed E-state index contributed by atoms with van der Waals surface area (Å²) in [5, 5.41) is 15.0. The summed E-state index contributed by atoms with van der Waals surface area (Å²) in [7, 11) is 3.14. The predicted octanol–water partition coefficient (Wildman–Crippen LogP) is 3.81. The smallest absolute Gasteiger partial charge is 0.303 e. The third-order valence-corrected chi connectivity index (χ3v) is 5.21. The summed E-state index contributed by atoms with van der Waals surface area (Å²) in [4.78, 5) is 23.7. The van der Waals surface area contributed by atoms with Gasteiger partial charge in [0.1, 0.15) is 0 Å². The lowest BCUT2D eigenvalue weighted by Crippen LogP contribution is -2.27. The van der Waals surface area contributed by atoms with Gasteiger partial charge in [0.15, 0.2) is 11.5 Å². The van der Waals surface area contributed by atoms with Crippen LogP contribution in [0.4, 0.5) is 0 Å². The lowest BCUT2D eigenvalue weighted by molar-refractivity contribution is -0.141. The lowest BCUT2D eigenvalue weighted by Gasteiger charge is -2.22. The maximum absolute atomic E-state index is 12.8. The van der Waals surface area contributed by atoms with Crippen LogP contribution in [0, 0.1) is 0 Å².